The maximum atomic E-state index is 5.88. The van der Waals surface area contributed by atoms with Crippen molar-refractivity contribution in [1.82, 2.24) is 9.97 Å². The molecule has 3 rings (SSSR count). The lowest BCUT2D eigenvalue weighted by molar-refractivity contribution is 0.485. The van der Waals surface area contributed by atoms with Crippen molar-refractivity contribution >= 4 is 27.6 Å². The van der Waals surface area contributed by atoms with E-state index in [9.17, 15) is 0 Å². The first-order valence-electron chi connectivity index (χ1n) is 6.38. The van der Waals surface area contributed by atoms with Crippen molar-refractivity contribution in [3.8, 4) is 11.5 Å². The van der Waals surface area contributed by atoms with Gasteiger partial charge in [0.15, 0.2) is 5.75 Å². The van der Waals surface area contributed by atoms with E-state index in [2.05, 4.69) is 31.2 Å². The molecule has 1 aromatic heterocycles. The Labute approximate surface area is 131 Å². The van der Waals surface area contributed by atoms with E-state index in [0.29, 0.717) is 5.95 Å². The molecule has 0 amide bonds. The van der Waals surface area contributed by atoms with Gasteiger partial charge in [-0.1, -0.05) is 30.3 Å². The quantitative estimate of drug-likeness (QED) is 0.742. The fourth-order valence-electron chi connectivity index (χ4n) is 1.77. The summed E-state index contributed by atoms with van der Waals surface area (Å²) in [6, 6.07) is 17.3. The molecular weight excluding hydrogens is 330 g/mol. The third-order valence-corrected chi connectivity index (χ3v) is 3.13. The molecule has 0 aliphatic heterocycles. The van der Waals surface area contributed by atoms with Crippen molar-refractivity contribution in [2.75, 3.05) is 5.32 Å². The van der Waals surface area contributed by atoms with Crippen molar-refractivity contribution in [2.45, 2.75) is 0 Å². The normalized spacial score (nSPS) is 10.1. The second kappa shape index (κ2) is 6.37. The second-order valence-corrected chi connectivity index (χ2v) is 5.18. The Bertz CT molecular complexity index is 717. The van der Waals surface area contributed by atoms with E-state index in [1.807, 2.05) is 54.6 Å². The molecule has 3 aromatic rings. The van der Waals surface area contributed by atoms with Crippen LogP contribution in [0.4, 0.5) is 11.6 Å². The zero-order valence-corrected chi connectivity index (χ0v) is 12.6. The SMILES string of the molecule is Brc1cnc(Nc2ccccc2Oc2ccccc2)nc1. The lowest BCUT2D eigenvalue weighted by Crippen LogP contribution is -1.98. The standard InChI is InChI=1S/C16H12BrN3O/c17-12-10-18-16(19-11-12)20-14-8-4-5-9-15(14)21-13-6-2-1-3-7-13/h1-11H,(H,18,19,20). The number of anilines is 2. The van der Waals surface area contributed by atoms with Crippen molar-refractivity contribution in [3.63, 3.8) is 0 Å². The number of aromatic nitrogens is 2. The molecule has 0 radical (unpaired) electrons. The van der Waals surface area contributed by atoms with Gasteiger partial charge in [-0.05, 0) is 40.2 Å². The van der Waals surface area contributed by atoms with E-state index in [1.54, 1.807) is 12.4 Å². The van der Waals surface area contributed by atoms with Gasteiger partial charge in [-0.3, -0.25) is 0 Å². The van der Waals surface area contributed by atoms with Gasteiger partial charge >= 0.3 is 0 Å². The number of rotatable bonds is 4. The van der Waals surface area contributed by atoms with Crippen molar-refractivity contribution in [2.24, 2.45) is 0 Å². The summed E-state index contributed by atoms with van der Waals surface area (Å²) >= 11 is 3.31. The predicted molar refractivity (Wildman–Crippen MR) is 86.0 cm³/mol. The number of para-hydroxylation sites is 3. The zero-order chi connectivity index (χ0) is 14.5. The lowest BCUT2D eigenvalue weighted by atomic mass is 10.3. The third kappa shape index (κ3) is 3.58. The summed E-state index contributed by atoms with van der Waals surface area (Å²) in [5.74, 6) is 2.01. The summed E-state index contributed by atoms with van der Waals surface area (Å²) in [7, 11) is 0. The van der Waals surface area contributed by atoms with Gasteiger partial charge in [0.2, 0.25) is 5.95 Å². The average molecular weight is 342 g/mol. The summed E-state index contributed by atoms with van der Waals surface area (Å²) in [5.41, 5.74) is 0.809. The van der Waals surface area contributed by atoms with Crippen molar-refractivity contribution in [1.29, 1.82) is 0 Å². The molecule has 0 saturated carbocycles. The molecule has 0 unspecified atom stereocenters. The van der Waals surface area contributed by atoms with Gasteiger partial charge in [-0.25, -0.2) is 9.97 Å². The predicted octanol–water partition coefficient (Wildman–Crippen LogP) is 4.78. The third-order valence-electron chi connectivity index (χ3n) is 2.72. The van der Waals surface area contributed by atoms with Crippen LogP contribution >= 0.6 is 15.9 Å². The van der Waals surface area contributed by atoms with E-state index < -0.39 is 0 Å². The van der Waals surface area contributed by atoms with Gasteiger partial charge in [0.25, 0.3) is 0 Å². The average Bonchev–Trinajstić information content (AvgIpc) is 2.52. The number of hydrogen-bond donors (Lipinski definition) is 1. The van der Waals surface area contributed by atoms with Crippen LogP contribution in [0.1, 0.15) is 0 Å². The highest BCUT2D eigenvalue weighted by Crippen LogP contribution is 2.30. The number of benzene rings is 2. The molecule has 21 heavy (non-hydrogen) atoms. The van der Waals surface area contributed by atoms with Gasteiger partial charge in [-0.15, -0.1) is 0 Å². The Balaban J connectivity index is 1.84. The van der Waals surface area contributed by atoms with E-state index in [4.69, 9.17) is 4.74 Å². The van der Waals surface area contributed by atoms with Crippen LogP contribution in [0, 0.1) is 0 Å². The first kappa shape index (κ1) is 13.6. The molecule has 0 spiro atoms. The molecule has 5 heteroatoms. The molecule has 0 saturated heterocycles. The summed E-state index contributed by atoms with van der Waals surface area (Å²) in [6.45, 7) is 0. The number of nitrogens with zero attached hydrogens (tertiary/aromatic N) is 2. The lowest BCUT2D eigenvalue weighted by Gasteiger charge is -2.11. The summed E-state index contributed by atoms with van der Waals surface area (Å²) in [5, 5.41) is 3.15. The summed E-state index contributed by atoms with van der Waals surface area (Å²) < 4.78 is 6.71. The Hall–Kier alpha value is -2.40. The van der Waals surface area contributed by atoms with Crippen LogP contribution in [0.2, 0.25) is 0 Å². The minimum Gasteiger partial charge on any atom is -0.455 e. The van der Waals surface area contributed by atoms with Crippen LogP contribution in [-0.2, 0) is 0 Å². The molecule has 0 bridgehead atoms. The molecule has 2 aromatic carbocycles. The Morgan fingerprint density at radius 1 is 0.857 bits per heavy atom. The minimum atomic E-state index is 0.516. The summed E-state index contributed by atoms with van der Waals surface area (Å²) in [4.78, 5) is 8.39. The molecule has 0 atom stereocenters. The van der Waals surface area contributed by atoms with Gasteiger partial charge in [0.05, 0.1) is 10.2 Å². The fraction of sp³-hybridized carbons (Fsp3) is 0. The smallest absolute Gasteiger partial charge is 0.227 e. The monoisotopic (exact) mass is 341 g/mol. The van der Waals surface area contributed by atoms with E-state index in [-0.39, 0.29) is 0 Å². The molecule has 1 N–H and O–H groups in total. The first-order valence-corrected chi connectivity index (χ1v) is 7.17. The van der Waals surface area contributed by atoms with Gasteiger partial charge < -0.3 is 10.1 Å². The molecule has 0 fully saturated rings. The Morgan fingerprint density at radius 2 is 1.52 bits per heavy atom. The first-order chi connectivity index (χ1) is 10.3. The van der Waals surface area contributed by atoms with E-state index in [1.165, 1.54) is 0 Å². The molecule has 1 heterocycles. The number of ether oxygens (including phenoxy) is 1. The molecule has 104 valence electrons. The molecule has 0 aliphatic rings. The molecular formula is C16H12BrN3O. The molecule has 4 nitrogen and oxygen atoms in total. The molecule has 0 aliphatic carbocycles. The van der Waals surface area contributed by atoms with Crippen LogP contribution in [0.15, 0.2) is 71.5 Å². The maximum absolute atomic E-state index is 5.88. The van der Waals surface area contributed by atoms with Gasteiger partial charge in [-0.2, -0.15) is 0 Å². The van der Waals surface area contributed by atoms with Crippen LogP contribution < -0.4 is 10.1 Å². The highest BCUT2D eigenvalue weighted by atomic mass is 79.9. The highest BCUT2D eigenvalue weighted by Gasteiger charge is 2.06. The maximum Gasteiger partial charge on any atom is 0.227 e. The van der Waals surface area contributed by atoms with Crippen LogP contribution in [-0.4, -0.2) is 9.97 Å². The van der Waals surface area contributed by atoms with Crippen LogP contribution in [0.25, 0.3) is 0 Å². The number of halogens is 1. The zero-order valence-electron chi connectivity index (χ0n) is 11.0. The highest BCUT2D eigenvalue weighted by molar-refractivity contribution is 9.10. The Kier molecular flexibility index (Phi) is 4.12. The van der Waals surface area contributed by atoms with Gasteiger partial charge in [0, 0.05) is 12.4 Å². The van der Waals surface area contributed by atoms with E-state index >= 15 is 0 Å². The topological polar surface area (TPSA) is 47.0 Å². The van der Waals surface area contributed by atoms with Gasteiger partial charge in [0.1, 0.15) is 5.75 Å². The van der Waals surface area contributed by atoms with Crippen molar-refractivity contribution in [3.05, 3.63) is 71.5 Å². The van der Waals surface area contributed by atoms with Crippen LogP contribution in [0.3, 0.4) is 0 Å². The number of nitrogens with one attached hydrogen (secondary N) is 1. The fourth-order valence-corrected chi connectivity index (χ4v) is 1.98. The van der Waals surface area contributed by atoms with E-state index in [0.717, 1.165) is 21.7 Å². The number of hydrogen-bond acceptors (Lipinski definition) is 4. The minimum absolute atomic E-state index is 0.516. The van der Waals surface area contributed by atoms with Crippen molar-refractivity contribution < 1.29 is 4.74 Å². The van der Waals surface area contributed by atoms with Crippen LogP contribution in [0.5, 0.6) is 11.5 Å². The second-order valence-electron chi connectivity index (χ2n) is 4.26. The largest absolute Gasteiger partial charge is 0.455 e. The summed E-state index contributed by atoms with van der Waals surface area (Å²) in [6.07, 6.45) is 3.38. The Morgan fingerprint density at radius 3 is 2.29 bits per heavy atom.